The smallest absolute Gasteiger partial charge is 0.416 e. The van der Waals surface area contributed by atoms with E-state index in [-0.39, 0.29) is 34.5 Å². The zero-order chi connectivity index (χ0) is 24.1. The van der Waals surface area contributed by atoms with Crippen LogP contribution in [0.4, 0.5) is 18.9 Å². The largest absolute Gasteiger partial charge is 0.493 e. The van der Waals surface area contributed by atoms with Gasteiger partial charge in [0.05, 0.1) is 30.4 Å². The van der Waals surface area contributed by atoms with Crippen molar-refractivity contribution in [1.82, 2.24) is 5.32 Å². The Morgan fingerprint density at radius 3 is 2.28 bits per heavy atom. The number of nitrogens with zero attached hydrogens (tertiary/aromatic N) is 1. The quantitative estimate of drug-likeness (QED) is 0.599. The van der Waals surface area contributed by atoms with Crippen molar-refractivity contribution in [3.05, 3.63) is 48.0 Å². The van der Waals surface area contributed by atoms with Crippen LogP contribution >= 0.6 is 0 Å². The maximum atomic E-state index is 13.4. The lowest BCUT2D eigenvalue weighted by Crippen LogP contribution is -2.41. The van der Waals surface area contributed by atoms with E-state index in [9.17, 15) is 26.4 Å². The van der Waals surface area contributed by atoms with E-state index in [2.05, 4.69) is 5.32 Å². The number of benzene rings is 2. The Morgan fingerprint density at radius 2 is 1.72 bits per heavy atom. The second-order valence-electron chi connectivity index (χ2n) is 7.27. The molecule has 0 unspecified atom stereocenters. The van der Waals surface area contributed by atoms with Gasteiger partial charge in [0.15, 0.2) is 11.5 Å². The van der Waals surface area contributed by atoms with Crippen LogP contribution in [0.1, 0.15) is 19.4 Å². The van der Waals surface area contributed by atoms with Crippen molar-refractivity contribution in [3.8, 4) is 11.5 Å². The number of rotatable bonds is 9. The summed E-state index contributed by atoms with van der Waals surface area (Å²) in [6.45, 7) is 3.28. The van der Waals surface area contributed by atoms with Gasteiger partial charge in [0.1, 0.15) is 6.54 Å². The number of ether oxygens (including phenoxy) is 2. The number of amides is 1. The molecule has 0 aliphatic heterocycles. The topological polar surface area (TPSA) is 84.9 Å². The van der Waals surface area contributed by atoms with Crippen LogP contribution in [0.25, 0.3) is 0 Å². The molecule has 32 heavy (non-hydrogen) atoms. The third kappa shape index (κ3) is 6.06. The second kappa shape index (κ2) is 10.1. The second-order valence-corrected chi connectivity index (χ2v) is 9.14. The molecule has 0 aliphatic rings. The minimum Gasteiger partial charge on any atom is -0.493 e. The molecule has 0 heterocycles. The van der Waals surface area contributed by atoms with Crippen molar-refractivity contribution in [1.29, 1.82) is 0 Å². The Morgan fingerprint density at radius 1 is 1.06 bits per heavy atom. The number of alkyl halides is 3. The van der Waals surface area contributed by atoms with Gasteiger partial charge in [-0.1, -0.05) is 19.9 Å². The first kappa shape index (κ1) is 25.3. The van der Waals surface area contributed by atoms with Gasteiger partial charge in [-0.2, -0.15) is 13.2 Å². The van der Waals surface area contributed by atoms with E-state index in [1.807, 2.05) is 13.8 Å². The molecule has 11 heteroatoms. The molecule has 0 aromatic heterocycles. The number of hydrogen-bond acceptors (Lipinski definition) is 5. The fourth-order valence-electron chi connectivity index (χ4n) is 2.76. The van der Waals surface area contributed by atoms with Crippen molar-refractivity contribution >= 4 is 21.6 Å². The molecule has 2 aromatic carbocycles. The fraction of sp³-hybridized carbons (Fsp3) is 0.381. The Bertz CT molecular complexity index is 1060. The summed E-state index contributed by atoms with van der Waals surface area (Å²) in [6, 6.07) is 7.56. The van der Waals surface area contributed by atoms with Crippen LogP contribution in [-0.2, 0) is 21.0 Å². The van der Waals surface area contributed by atoms with Crippen molar-refractivity contribution in [2.45, 2.75) is 24.9 Å². The highest BCUT2D eigenvalue weighted by Gasteiger charge is 2.33. The number of halogens is 3. The molecule has 7 nitrogen and oxygen atoms in total. The molecule has 1 amide bonds. The lowest BCUT2D eigenvalue weighted by molar-refractivity contribution is -0.137. The molecule has 2 aromatic rings. The fourth-order valence-corrected chi connectivity index (χ4v) is 4.19. The summed E-state index contributed by atoms with van der Waals surface area (Å²) in [5.74, 6) is -0.169. The standard InChI is InChI=1S/C21H25F3N2O5S/c1-14(2)12-25-20(27)13-26(16-7-5-6-15(10-16)21(22,23)24)32(28,29)17-8-9-18(30-3)19(11-17)31-4/h5-11,14H,12-13H2,1-4H3,(H,25,27). The third-order valence-electron chi connectivity index (χ3n) is 4.40. The van der Waals surface area contributed by atoms with Gasteiger partial charge in [0.25, 0.3) is 10.0 Å². The Labute approximate surface area is 185 Å². The van der Waals surface area contributed by atoms with Crippen LogP contribution in [0, 0.1) is 5.92 Å². The molecule has 0 radical (unpaired) electrons. The summed E-state index contributed by atoms with van der Waals surface area (Å²) in [5.41, 5.74) is -1.33. The van der Waals surface area contributed by atoms with E-state index >= 15 is 0 Å². The van der Waals surface area contributed by atoms with Crippen LogP contribution in [0.5, 0.6) is 11.5 Å². The van der Waals surface area contributed by atoms with Gasteiger partial charge in [-0.25, -0.2) is 8.42 Å². The van der Waals surface area contributed by atoms with E-state index in [4.69, 9.17) is 9.47 Å². The molecule has 0 saturated carbocycles. The van der Waals surface area contributed by atoms with Crippen molar-refractivity contribution in [2.24, 2.45) is 5.92 Å². The molecular weight excluding hydrogens is 449 g/mol. The minimum atomic E-state index is -4.69. The van der Waals surface area contributed by atoms with Gasteiger partial charge >= 0.3 is 6.18 Å². The molecule has 0 atom stereocenters. The van der Waals surface area contributed by atoms with Crippen molar-refractivity contribution < 1.29 is 35.9 Å². The monoisotopic (exact) mass is 474 g/mol. The highest BCUT2D eigenvalue weighted by Crippen LogP contribution is 2.35. The van der Waals surface area contributed by atoms with E-state index < -0.39 is 34.2 Å². The Kier molecular flexibility index (Phi) is 8.00. The van der Waals surface area contributed by atoms with Crippen LogP contribution in [0.15, 0.2) is 47.4 Å². The van der Waals surface area contributed by atoms with E-state index in [1.54, 1.807) is 0 Å². The van der Waals surface area contributed by atoms with E-state index in [0.29, 0.717) is 10.4 Å². The molecule has 176 valence electrons. The normalized spacial score (nSPS) is 11.9. The van der Waals surface area contributed by atoms with Crippen LogP contribution in [-0.4, -0.2) is 41.6 Å². The maximum absolute atomic E-state index is 13.4. The number of methoxy groups -OCH3 is 2. The van der Waals surface area contributed by atoms with Gasteiger partial charge in [-0.05, 0) is 36.2 Å². The third-order valence-corrected chi connectivity index (χ3v) is 6.17. The van der Waals surface area contributed by atoms with Crippen LogP contribution < -0.4 is 19.1 Å². The summed E-state index contributed by atoms with van der Waals surface area (Å²) in [4.78, 5) is 12.2. The van der Waals surface area contributed by atoms with Crippen molar-refractivity contribution in [2.75, 3.05) is 31.6 Å². The van der Waals surface area contributed by atoms with Gasteiger partial charge < -0.3 is 14.8 Å². The van der Waals surface area contributed by atoms with Crippen LogP contribution in [0.2, 0.25) is 0 Å². The average Bonchev–Trinajstić information content (AvgIpc) is 2.74. The summed E-state index contributed by atoms with van der Waals surface area (Å²) in [5, 5.41) is 2.58. The average molecular weight is 475 g/mol. The highest BCUT2D eigenvalue weighted by molar-refractivity contribution is 7.92. The lowest BCUT2D eigenvalue weighted by Gasteiger charge is -2.25. The van der Waals surface area contributed by atoms with E-state index in [1.165, 1.54) is 38.5 Å². The predicted molar refractivity (Wildman–Crippen MR) is 113 cm³/mol. The first-order valence-corrected chi connectivity index (χ1v) is 11.0. The summed E-state index contributed by atoms with van der Waals surface area (Å²) in [6.07, 6.45) is -4.69. The molecule has 0 saturated heterocycles. The molecular formula is C21H25F3N2O5S. The Hall–Kier alpha value is -2.95. The zero-order valence-corrected chi connectivity index (χ0v) is 18.9. The molecule has 0 fully saturated rings. The molecule has 0 aliphatic carbocycles. The number of hydrogen-bond donors (Lipinski definition) is 1. The predicted octanol–water partition coefficient (Wildman–Crippen LogP) is 3.69. The van der Waals surface area contributed by atoms with Gasteiger partial charge in [-0.15, -0.1) is 0 Å². The number of anilines is 1. The summed E-state index contributed by atoms with van der Waals surface area (Å²) < 4.78 is 77.4. The lowest BCUT2D eigenvalue weighted by atomic mass is 10.2. The molecule has 2 rings (SSSR count). The molecule has 0 bridgehead atoms. The first-order chi connectivity index (χ1) is 14.9. The van der Waals surface area contributed by atoms with Gasteiger partial charge in [0.2, 0.25) is 5.91 Å². The molecule has 0 spiro atoms. The summed E-state index contributed by atoms with van der Waals surface area (Å²) >= 11 is 0. The highest BCUT2D eigenvalue weighted by atomic mass is 32.2. The Balaban J connectivity index is 2.56. The number of carbonyl (C=O) groups excluding carboxylic acids is 1. The number of sulfonamides is 1. The molecule has 1 N–H and O–H groups in total. The van der Waals surface area contributed by atoms with Gasteiger partial charge in [0, 0.05) is 12.6 Å². The van der Waals surface area contributed by atoms with Crippen LogP contribution in [0.3, 0.4) is 0 Å². The van der Waals surface area contributed by atoms with E-state index in [0.717, 1.165) is 12.1 Å². The first-order valence-electron chi connectivity index (χ1n) is 9.59. The zero-order valence-electron chi connectivity index (χ0n) is 18.1. The van der Waals surface area contributed by atoms with Gasteiger partial charge in [-0.3, -0.25) is 9.10 Å². The minimum absolute atomic E-state index is 0.100. The maximum Gasteiger partial charge on any atom is 0.416 e. The SMILES string of the molecule is COc1ccc(S(=O)(=O)N(CC(=O)NCC(C)C)c2cccc(C(F)(F)F)c2)cc1OC. The summed E-state index contributed by atoms with van der Waals surface area (Å²) in [7, 11) is -1.75. The van der Waals surface area contributed by atoms with Crippen molar-refractivity contribution in [3.63, 3.8) is 0 Å². The number of nitrogens with one attached hydrogen (secondary N) is 1. The number of carbonyl (C=O) groups is 1.